The van der Waals surface area contributed by atoms with Crippen LogP contribution in [0.25, 0.3) is 11.0 Å². The summed E-state index contributed by atoms with van der Waals surface area (Å²) < 4.78 is 33.2. The summed E-state index contributed by atoms with van der Waals surface area (Å²) in [5, 5.41) is 12.5. The maximum Gasteiger partial charge on any atom is 0.274 e. The van der Waals surface area contributed by atoms with Crippen LogP contribution in [0.3, 0.4) is 0 Å². The van der Waals surface area contributed by atoms with Crippen LogP contribution in [0, 0.1) is 11.6 Å². The van der Waals surface area contributed by atoms with Crippen LogP contribution in [0.15, 0.2) is 90.9 Å². The Balaban J connectivity index is 1.40. The SMILES string of the molecule is O=C(Nc1ccc(Oc2ccnc3[nH]ccc23)c(F)c1)/C(=C/C=C\Cc1ccc(F)cc1)NO. The zero-order valence-electron chi connectivity index (χ0n) is 17.8. The van der Waals surface area contributed by atoms with Gasteiger partial charge in [0.15, 0.2) is 11.6 Å². The molecule has 0 unspecified atom stereocenters. The summed E-state index contributed by atoms with van der Waals surface area (Å²) in [6.07, 6.45) is 8.43. The number of aromatic amines is 1. The summed E-state index contributed by atoms with van der Waals surface area (Å²) in [7, 11) is 0. The van der Waals surface area contributed by atoms with Gasteiger partial charge >= 0.3 is 0 Å². The van der Waals surface area contributed by atoms with E-state index in [1.807, 2.05) is 5.48 Å². The first-order valence-electron chi connectivity index (χ1n) is 10.3. The number of nitrogens with one attached hydrogen (secondary N) is 3. The summed E-state index contributed by atoms with van der Waals surface area (Å²) in [4.78, 5) is 19.5. The lowest BCUT2D eigenvalue weighted by atomic mass is 10.1. The number of hydrogen-bond donors (Lipinski definition) is 4. The van der Waals surface area contributed by atoms with Crippen LogP contribution >= 0.6 is 0 Å². The van der Waals surface area contributed by atoms with Gasteiger partial charge in [0, 0.05) is 24.1 Å². The van der Waals surface area contributed by atoms with E-state index in [-0.39, 0.29) is 23.0 Å². The van der Waals surface area contributed by atoms with Gasteiger partial charge in [-0.1, -0.05) is 24.3 Å². The smallest absolute Gasteiger partial charge is 0.274 e. The summed E-state index contributed by atoms with van der Waals surface area (Å²) in [5.41, 5.74) is 3.35. The highest BCUT2D eigenvalue weighted by atomic mass is 19.1. The predicted molar refractivity (Wildman–Crippen MR) is 123 cm³/mol. The maximum atomic E-state index is 14.6. The standard InChI is InChI=1S/C25H20F2N4O3/c26-17-7-5-16(6-8-17)3-1-2-4-21(31-33)25(32)30-18-9-10-23(20(27)15-18)34-22-12-14-29-24-19(22)11-13-28-24/h1-2,4-15,31,33H,3H2,(H,28,29)(H,30,32)/b2-1-,21-4-. The highest BCUT2D eigenvalue weighted by Gasteiger charge is 2.13. The molecule has 4 aromatic rings. The van der Waals surface area contributed by atoms with Crippen LogP contribution in [-0.2, 0) is 11.2 Å². The lowest BCUT2D eigenvalue weighted by molar-refractivity contribution is -0.114. The van der Waals surface area contributed by atoms with Gasteiger partial charge in [0.2, 0.25) is 0 Å². The molecule has 0 aliphatic carbocycles. The molecule has 34 heavy (non-hydrogen) atoms. The molecule has 9 heteroatoms. The van der Waals surface area contributed by atoms with Crippen molar-refractivity contribution in [3.8, 4) is 11.5 Å². The number of rotatable bonds is 8. The molecule has 0 saturated carbocycles. The van der Waals surface area contributed by atoms with E-state index in [0.29, 0.717) is 23.2 Å². The van der Waals surface area contributed by atoms with Crippen molar-refractivity contribution in [2.75, 3.05) is 5.32 Å². The first-order valence-corrected chi connectivity index (χ1v) is 10.3. The minimum Gasteiger partial charge on any atom is -0.453 e. The molecule has 1 amide bonds. The molecule has 4 rings (SSSR count). The zero-order valence-corrected chi connectivity index (χ0v) is 17.8. The Morgan fingerprint density at radius 1 is 1.09 bits per heavy atom. The summed E-state index contributed by atoms with van der Waals surface area (Å²) in [5.74, 6) is -1.26. The number of ether oxygens (including phenoxy) is 1. The molecule has 0 fully saturated rings. The molecule has 2 aromatic heterocycles. The van der Waals surface area contributed by atoms with Crippen molar-refractivity contribution in [3.05, 3.63) is 108 Å². The van der Waals surface area contributed by atoms with E-state index in [9.17, 15) is 18.8 Å². The normalized spacial score (nSPS) is 11.7. The van der Waals surface area contributed by atoms with Gasteiger partial charge < -0.3 is 15.0 Å². The molecule has 0 saturated heterocycles. The predicted octanol–water partition coefficient (Wildman–Crippen LogP) is 5.23. The number of nitrogens with zero attached hydrogens (tertiary/aromatic N) is 1. The third-order valence-electron chi connectivity index (χ3n) is 4.86. The number of hydrogen-bond acceptors (Lipinski definition) is 5. The fraction of sp³-hybridized carbons (Fsp3) is 0.0400. The lowest BCUT2D eigenvalue weighted by Crippen LogP contribution is -2.23. The van der Waals surface area contributed by atoms with Crippen molar-refractivity contribution in [2.45, 2.75) is 6.42 Å². The molecular weight excluding hydrogens is 442 g/mol. The second-order valence-corrected chi connectivity index (χ2v) is 7.20. The number of halogens is 2. The number of carbonyl (C=O) groups excluding carboxylic acids is 1. The average Bonchev–Trinajstić information content (AvgIpc) is 3.32. The van der Waals surface area contributed by atoms with Crippen LogP contribution in [0.2, 0.25) is 0 Å². The number of hydroxylamine groups is 1. The topological polar surface area (TPSA) is 99.3 Å². The lowest BCUT2D eigenvalue weighted by Gasteiger charge is -2.11. The van der Waals surface area contributed by atoms with Gasteiger partial charge in [0.25, 0.3) is 5.91 Å². The summed E-state index contributed by atoms with van der Waals surface area (Å²) >= 11 is 0. The Morgan fingerprint density at radius 3 is 2.68 bits per heavy atom. The van der Waals surface area contributed by atoms with E-state index in [1.165, 1.54) is 30.3 Å². The van der Waals surface area contributed by atoms with Crippen LogP contribution in [-0.4, -0.2) is 21.1 Å². The van der Waals surface area contributed by atoms with Crippen molar-refractivity contribution in [1.82, 2.24) is 15.4 Å². The first-order chi connectivity index (χ1) is 16.5. The second kappa shape index (κ2) is 10.4. The number of H-pyrrole nitrogens is 1. The molecule has 172 valence electrons. The van der Waals surface area contributed by atoms with Crippen molar-refractivity contribution in [1.29, 1.82) is 0 Å². The van der Waals surface area contributed by atoms with Crippen LogP contribution in [0.5, 0.6) is 11.5 Å². The summed E-state index contributed by atoms with van der Waals surface area (Å²) in [6.45, 7) is 0. The van der Waals surface area contributed by atoms with Crippen LogP contribution in [0.1, 0.15) is 5.56 Å². The molecule has 0 atom stereocenters. The number of pyridine rings is 1. The third kappa shape index (κ3) is 5.45. The molecule has 0 spiro atoms. The molecule has 2 heterocycles. The Hall–Kier alpha value is -4.50. The van der Waals surface area contributed by atoms with E-state index in [2.05, 4.69) is 15.3 Å². The van der Waals surface area contributed by atoms with Gasteiger partial charge in [0.1, 0.15) is 22.9 Å². The zero-order chi connectivity index (χ0) is 23.9. The molecule has 4 N–H and O–H groups in total. The highest BCUT2D eigenvalue weighted by molar-refractivity contribution is 6.03. The number of fused-ring (bicyclic) bond motifs is 1. The molecular formula is C25H20F2N4O3. The van der Waals surface area contributed by atoms with Crippen molar-refractivity contribution >= 4 is 22.6 Å². The van der Waals surface area contributed by atoms with E-state index in [1.54, 1.807) is 48.8 Å². The van der Waals surface area contributed by atoms with E-state index < -0.39 is 11.7 Å². The summed E-state index contributed by atoms with van der Waals surface area (Å²) in [6, 6.07) is 13.4. The monoisotopic (exact) mass is 462 g/mol. The number of anilines is 1. The molecule has 7 nitrogen and oxygen atoms in total. The number of carbonyl (C=O) groups is 1. The van der Waals surface area contributed by atoms with E-state index in [4.69, 9.17) is 4.74 Å². The van der Waals surface area contributed by atoms with Crippen LogP contribution < -0.4 is 15.5 Å². The molecule has 0 aliphatic rings. The molecule has 0 aliphatic heterocycles. The maximum absolute atomic E-state index is 14.6. The number of benzene rings is 2. The van der Waals surface area contributed by atoms with Gasteiger partial charge in [-0.15, -0.1) is 0 Å². The molecule has 2 aromatic carbocycles. The molecule has 0 radical (unpaired) electrons. The van der Waals surface area contributed by atoms with Gasteiger partial charge in [0.05, 0.1) is 5.39 Å². The van der Waals surface area contributed by atoms with Crippen LogP contribution in [0.4, 0.5) is 14.5 Å². The third-order valence-corrected chi connectivity index (χ3v) is 4.86. The molecule has 0 bridgehead atoms. The largest absolute Gasteiger partial charge is 0.453 e. The number of aromatic nitrogens is 2. The number of amides is 1. The average molecular weight is 462 g/mol. The van der Waals surface area contributed by atoms with Gasteiger partial charge in [-0.2, -0.15) is 0 Å². The first kappa shape index (κ1) is 22.7. The van der Waals surface area contributed by atoms with Gasteiger partial charge in [-0.25, -0.2) is 13.8 Å². The second-order valence-electron chi connectivity index (χ2n) is 7.20. The Labute approximate surface area is 193 Å². The Morgan fingerprint density at radius 2 is 1.91 bits per heavy atom. The minimum atomic E-state index is -0.681. The minimum absolute atomic E-state index is 0.0218. The van der Waals surface area contributed by atoms with E-state index >= 15 is 0 Å². The fourth-order valence-corrected chi connectivity index (χ4v) is 3.16. The van der Waals surface area contributed by atoms with Gasteiger partial charge in [-0.3, -0.25) is 15.5 Å². The quantitative estimate of drug-likeness (QED) is 0.163. The Kier molecular flexibility index (Phi) is 6.95. The Bertz CT molecular complexity index is 1360. The van der Waals surface area contributed by atoms with Gasteiger partial charge in [-0.05, 0) is 54.5 Å². The van der Waals surface area contributed by atoms with Crippen molar-refractivity contribution in [3.63, 3.8) is 0 Å². The van der Waals surface area contributed by atoms with Crippen molar-refractivity contribution < 1.29 is 23.5 Å². The number of allylic oxidation sites excluding steroid dienone is 3. The highest BCUT2D eigenvalue weighted by Crippen LogP contribution is 2.31. The van der Waals surface area contributed by atoms with Crippen molar-refractivity contribution in [2.24, 2.45) is 0 Å². The fourth-order valence-electron chi connectivity index (χ4n) is 3.16. The van der Waals surface area contributed by atoms with E-state index in [0.717, 1.165) is 11.6 Å².